The average Bonchev–Trinajstić information content (AvgIpc) is 2.84. The molecule has 0 bridgehead atoms. The van der Waals surface area contributed by atoms with Crippen LogP contribution in [-0.2, 0) is 10.0 Å². The number of nitrogens with two attached hydrogens (primary N) is 1. The lowest BCUT2D eigenvalue weighted by Crippen LogP contribution is -2.29. The molecule has 1 saturated carbocycles. The second-order valence-corrected chi connectivity index (χ2v) is 6.95. The second-order valence-electron chi connectivity index (χ2n) is 5.27. The Balaban J connectivity index is 2.25. The van der Waals surface area contributed by atoms with Gasteiger partial charge in [-0.1, -0.05) is 13.8 Å². The van der Waals surface area contributed by atoms with Crippen molar-refractivity contribution >= 4 is 15.7 Å². The van der Waals surface area contributed by atoms with Crippen LogP contribution in [0.4, 0.5) is 5.69 Å². The number of nitrogen functional groups attached to an aromatic ring is 1. The van der Waals surface area contributed by atoms with Crippen molar-refractivity contribution in [2.24, 2.45) is 5.41 Å². The summed E-state index contributed by atoms with van der Waals surface area (Å²) < 4.78 is 32.0. The van der Waals surface area contributed by atoms with Crippen molar-refractivity contribution in [3.63, 3.8) is 0 Å². The fourth-order valence-electron chi connectivity index (χ4n) is 1.82. The average molecular weight is 270 g/mol. The molecule has 1 aromatic carbocycles. The summed E-state index contributed by atoms with van der Waals surface area (Å²) in [6.45, 7) is 4.05. The minimum absolute atomic E-state index is 0.0102. The van der Waals surface area contributed by atoms with Crippen molar-refractivity contribution in [3.8, 4) is 5.75 Å². The third-order valence-electron chi connectivity index (χ3n) is 3.32. The van der Waals surface area contributed by atoms with Crippen LogP contribution in [0.25, 0.3) is 0 Å². The number of hydrogen-bond acceptors (Lipinski definition) is 4. The standard InChI is InChI=1S/C12H18N2O3S/c1-12(2)7-11(12)14-18(15,16)10-5-4-8(17-3)6-9(10)13/h4-6,11,14H,7,13H2,1-3H3. The molecule has 1 fully saturated rings. The molecule has 1 atom stereocenters. The maximum atomic E-state index is 12.2. The zero-order valence-electron chi connectivity index (χ0n) is 10.7. The van der Waals surface area contributed by atoms with E-state index in [4.69, 9.17) is 10.5 Å². The number of benzene rings is 1. The van der Waals surface area contributed by atoms with E-state index >= 15 is 0 Å². The molecular weight excluding hydrogens is 252 g/mol. The molecule has 1 aliphatic carbocycles. The van der Waals surface area contributed by atoms with Gasteiger partial charge in [0.05, 0.1) is 12.8 Å². The quantitative estimate of drug-likeness (QED) is 0.809. The summed E-state index contributed by atoms with van der Waals surface area (Å²) in [7, 11) is -2.05. The molecule has 3 N–H and O–H groups in total. The van der Waals surface area contributed by atoms with Crippen LogP contribution in [-0.4, -0.2) is 21.6 Å². The zero-order chi connectivity index (χ0) is 13.6. The van der Waals surface area contributed by atoms with Gasteiger partial charge in [-0.2, -0.15) is 0 Å². The fourth-order valence-corrected chi connectivity index (χ4v) is 3.34. The molecule has 0 aliphatic heterocycles. The van der Waals surface area contributed by atoms with E-state index in [0.29, 0.717) is 5.75 Å². The largest absolute Gasteiger partial charge is 0.497 e. The number of anilines is 1. The first kappa shape index (κ1) is 13.2. The molecule has 2 rings (SSSR count). The van der Waals surface area contributed by atoms with Crippen molar-refractivity contribution in [2.45, 2.75) is 31.2 Å². The number of rotatable bonds is 4. The first-order chi connectivity index (χ1) is 8.26. The van der Waals surface area contributed by atoms with E-state index in [2.05, 4.69) is 4.72 Å². The predicted octanol–water partition coefficient (Wildman–Crippen LogP) is 1.35. The molecule has 1 aromatic rings. The van der Waals surface area contributed by atoms with Crippen LogP contribution in [0.5, 0.6) is 5.75 Å². The van der Waals surface area contributed by atoms with Crippen LogP contribution in [0.3, 0.4) is 0 Å². The number of hydrogen-bond donors (Lipinski definition) is 2. The van der Waals surface area contributed by atoms with Crippen LogP contribution in [0, 0.1) is 5.41 Å². The summed E-state index contributed by atoms with van der Waals surface area (Å²) in [6, 6.07) is 4.55. The minimum atomic E-state index is -3.55. The lowest BCUT2D eigenvalue weighted by Gasteiger charge is -2.11. The highest BCUT2D eigenvalue weighted by atomic mass is 32.2. The molecule has 5 nitrogen and oxygen atoms in total. The Morgan fingerprint density at radius 3 is 2.50 bits per heavy atom. The first-order valence-electron chi connectivity index (χ1n) is 5.72. The van der Waals surface area contributed by atoms with Crippen molar-refractivity contribution < 1.29 is 13.2 Å². The van der Waals surface area contributed by atoms with Gasteiger partial charge in [-0.15, -0.1) is 0 Å². The van der Waals surface area contributed by atoms with E-state index in [1.165, 1.54) is 19.2 Å². The van der Waals surface area contributed by atoms with Crippen molar-refractivity contribution in [1.82, 2.24) is 4.72 Å². The van der Waals surface area contributed by atoms with Crippen molar-refractivity contribution in [2.75, 3.05) is 12.8 Å². The topological polar surface area (TPSA) is 81.4 Å². The number of sulfonamides is 1. The van der Waals surface area contributed by atoms with Crippen LogP contribution in [0.2, 0.25) is 0 Å². The van der Waals surface area contributed by atoms with Gasteiger partial charge in [-0.3, -0.25) is 0 Å². The van der Waals surface area contributed by atoms with E-state index in [1.807, 2.05) is 13.8 Å². The summed E-state index contributed by atoms with van der Waals surface area (Å²) in [6.07, 6.45) is 0.849. The summed E-state index contributed by atoms with van der Waals surface area (Å²) >= 11 is 0. The van der Waals surface area contributed by atoms with E-state index < -0.39 is 10.0 Å². The molecule has 1 unspecified atom stereocenters. The van der Waals surface area contributed by atoms with Crippen LogP contribution in [0.15, 0.2) is 23.1 Å². The van der Waals surface area contributed by atoms with Gasteiger partial charge in [0, 0.05) is 12.1 Å². The molecule has 6 heteroatoms. The molecule has 18 heavy (non-hydrogen) atoms. The highest BCUT2D eigenvalue weighted by Gasteiger charge is 2.48. The SMILES string of the molecule is COc1ccc(S(=O)(=O)NC2CC2(C)C)c(N)c1. The molecule has 1 aliphatic rings. The summed E-state index contributed by atoms with van der Waals surface area (Å²) in [5.41, 5.74) is 5.98. The van der Waals surface area contributed by atoms with E-state index in [0.717, 1.165) is 6.42 Å². The van der Waals surface area contributed by atoms with Gasteiger partial charge < -0.3 is 10.5 Å². The van der Waals surface area contributed by atoms with E-state index in [1.54, 1.807) is 6.07 Å². The van der Waals surface area contributed by atoms with E-state index in [9.17, 15) is 8.42 Å². The van der Waals surface area contributed by atoms with Crippen LogP contribution < -0.4 is 15.2 Å². The zero-order valence-corrected chi connectivity index (χ0v) is 11.5. The third kappa shape index (κ3) is 2.44. The van der Waals surface area contributed by atoms with Gasteiger partial charge in [0.15, 0.2) is 0 Å². The molecule has 0 heterocycles. The van der Waals surface area contributed by atoms with Crippen LogP contribution >= 0.6 is 0 Å². The normalized spacial score (nSPS) is 21.6. The summed E-state index contributed by atoms with van der Waals surface area (Å²) in [5.74, 6) is 0.540. The molecule has 100 valence electrons. The Labute approximate surface area is 107 Å². The number of ether oxygens (including phenoxy) is 1. The number of nitrogens with one attached hydrogen (secondary N) is 1. The summed E-state index contributed by atoms with van der Waals surface area (Å²) in [4.78, 5) is 0.103. The smallest absolute Gasteiger partial charge is 0.242 e. The molecule has 0 saturated heterocycles. The predicted molar refractivity (Wildman–Crippen MR) is 69.9 cm³/mol. The lowest BCUT2D eigenvalue weighted by atomic mass is 10.2. The monoisotopic (exact) mass is 270 g/mol. The minimum Gasteiger partial charge on any atom is -0.497 e. The van der Waals surface area contributed by atoms with Gasteiger partial charge in [-0.05, 0) is 24.0 Å². The summed E-state index contributed by atoms with van der Waals surface area (Å²) in [5, 5.41) is 0. The Kier molecular flexibility index (Phi) is 3.03. The second kappa shape index (κ2) is 4.13. The van der Waals surface area contributed by atoms with Gasteiger partial charge >= 0.3 is 0 Å². The molecular formula is C12H18N2O3S. The van der Waals surface area contributed by atoms with Crippen LogP contribution in [0.1, 0.15) is 20.3 Å². The third-order valence-corrected chi connectivity index (χ3v) is 4.86. The maximum absolute atomic E-state index is 12.2. The Morgan fingerprint density at radius 2 is 2.06 bits per heavy atom. The highest BCUT2D eigenvalue weighted by Crippen LogP contribution is 2.45. The van der Waals surface area contributed by atoms with Gasteiger partial charge in [0.25, 0.3) is 0 Å². The molecule has 0 radical (unpaired) electrons. The van der Waals surface area contributed by atoms with E-state index in [-0.39, 0.29) is 22.0 Å². The van der Waals surface area contributed by atoms with Gasteiger partial charge in [0.1, 0.15) is 10.6 Å². The Bertz CT molecular complexity index is 567. The molecule has 0 aromatic heterocycles. The van der Waals surface area contributed by atoms with Gasteiger partial charge in [-0.25, -0.2) is 13.1 Å². The maximum Gasteiger partial charge on any atom is 0.242 e. The Hall–Kier alpha value is -1.27. The highest BCUT2D eigenvalue weighted by molar-refractivity contribution is 7.89. The number of methoxy groups -OCH3 is 1. The van der Waals surface area contributed by atoms with Crippen molar-refractivity contribution in [1.29, 1.82) is 0 Å². The first-order valence-corrected chi connectivity index (χ1v) is 7.20. The Morgan fingerprint density at radius 1 is 1.44 bits per heavy atom. The fraction of sp³-hybridized carbons (Fsp3) is 0.500. The van der Waals surface area contributed by atoms with Gasteiger partial charge in [0.2, 0.25) is 10.0 Å². The molecule has 0 spiro atoms. The van der Waals surface area contributed by atoms with Crippen molar-refractivity contribution in [3.05, 3.63) is 18.2 Å². The molecule has 0 amide bonds. The lowest BCUT2D eigenvalue weighted by molar-refractivity contribution is 0.414.